The van der Waals surface area contributed by atoms with Gasteiger partial charge in [-0.05, 0) is 6.92 Å². The van der Waals surface area contributed by atoms with E-state index in [1.807, 2.05) is 0 Å². The predicted molar refractivity (Wildman–Crippen MR) is 29.6 cm³/mol. The van der Waals surface area contributed by atoms with E-state index in [0.29, 0.717) is 0 Å². The van der Waals surface area contributed by atoms with Crippen LogP contribution < -0.4 is 0 Å². The maximum Gasteiger partial charge on any atom is 0.369 e. The number of hydrogen-bond acceptors (Lipinski definition) is 1. The van der Waals surface area contributed by atoms with Gasteiger partial charge in [0.2, 0.25) is 0 Å². The topological polar surface area (TPSA) is 9.23 Å². The molecule has 0 aliphatic heterocycles. The van der Waals surface area contributed by atoms with Crippen molar-refractivity contribution >= 4 is 0 Å². The van der Waals surface area contributed by atoms with Gasteiger partial charge in [-0.2, -0.15) is 17.6 Å². The zero-order valence-electron chi connectivity index (χ0n) is 5.70. The van der Waals surface area contributed by atoms with Crippen molar-refractivity contribution in [2.45, 2.75) is 18.8 Å². The summed E-state index contributed by atoms with van der Waals surface area (Å²) in [6.45, 7) is 1.42. The number of alkyl halides is 4. The van der Waals surface area contributed by atoms with Gasteiger partial charge in [-0.1, -0.05) is 0 Å². The molecular weight excluding hydrogens is 164 g/mol. The van der Waals surface area contributed by atoms with Crippen molar-refractivity contribution in [3.8, 4) is 0 Å². The van der Waals surface area contributed by atoms with E-state index in [9.17, 15) is 17.6 Å². The van der Waals surface area contributed by atoms with E-state index in [4.69, 9.17) is 0 Å². The minimum absolute atomic E-state index is 0.0303. The van der Waals surface area contributed by atoms with E-state index in [2.05, 4.69) is 4.74 Å². The van der Waals surface area contributed by atoms with Crippen molar-refractivity contribution in [2.24, 2.45) is 0 Å². The molecular formula is C6H6F4O. The van der Waals surface area contributed by atoms with Gasteiger partial charge in [0, 0.05) is 6.08 Å². The lowest BCUT2D eigenvalue weighted by Crippen LogP contribution is -2.49. The molecule has 0 aromatic carbocycles. The largest absolute Gasteiger partial charge is 0.492 e. The number of halogens is 4. The molecule has 0 heterocycles. The van der Waals surface area contributed by atoms with E-state index < -0.39 is 17.6 Å². The van der Waals surface area contributed by atoms with Crippen LogP contribution in [0.4, 0.5) is 17.6 Å². The first-order valence-electron chi connectivity index (χ1n) is 3.03. The summed E-state index contributed by atoms with van der Waals surface area (Å²) in [5, 5.41) is 0. The minimum Gasteiger partial charge on any atom is -0.492 e. The summed E-state index contributed by atoms with van der Waals surface area (Å²) in [4.78, 5) is 0. The van der Waals surface area contributed by atoms with Crippen molar-refractivity contribution in [2.75, 3.05) is 6.61 Å². The molecule has 0 bridgehead atoms. The summed E-state index contributed by atoms with van der Waals surface area (Å²) in [6.07, 6.45) is 0.135. The predicted octanol–water partition coefficient (Wildman–Crippen LogP) is 2.19. The molecule has 1 rings (SSSR count). The molecule has 1 aliphatic rings. The Bertz CT molecular complexity index is 197. The van der Waals surface area contributed by atoms with Crippen molar-refractivity contribution in [1.82, 2.24) is 0 Å². The molecule has 0 fully saturated rings. The second-order valence-corrected chi connectivity index (χ2v) is 2.14. The van der Waals surface area contributed by atoms with Crippen LogP contribution in [0.1, 0.15) is 6.92 Å². The van der Waals surface area contributed by atoms with Crippen LogP contribution in [0.3, 0.4) is 0 Å². The Hall–Kier alpha value is -0.740. The highest BCUT2D eigenvalue weighted by atomic mass is 19.3. The van der Waals surface area contributed by atoms with Crippen LogP contribution in [0, 0.1) is 0 Å². The molecule has 0 unspecified atom stereocenters. The molecule has 1 aliphatic carbocycles. The monoisotopic (exact) mass is 170 g/mol. The van der Waals surface area contributed by atoms with Gasteiger partial charge in [-0.15, -0.1) is 0 Å². The number of rotatable bonds is 2. The van der Waals surface area contributed by atoms with Crippen molar-refractivity contribution in [3.63, 3.8) is 0 Å². The molecule has 0 spiro atoms. The fourth-order valence-corrected chi connectivity index (χ4v) is 0.720. The Morgan fingerprint density at radius 3 is 2.18 bits per heavy atom. The number of allylic oxidation sites excluding steroid dienone is 2. The fourth-order valence-electron chi connectivity index (χ4n) is 0.720. The van der Waals surface area contributed by atoms with Gasteiger partial charge < -0.3 is 4.74 Å². The zero-order chi connectivity index (χ0) is 8.70. The lowest BCUT2D eigenvalue weighted by Gasteiger charge is -2.33. The Labute approximate surface area is 60.6 Å². The average molecular weight is 170 g/mol. The van der Waals surface area contributed by atoms with Crippen molar-refractivity contribution in [1.29, 1.82) is 0 Å². The molecule has 0 amide bonds. The first-order chi connectivity index (χ1) is 4.92. The highest BCUT2D eigenvalue weighted by Crippen LogP contribution is 2.50. The minimum atomic E-state index is -4.11. The lowest BCUT2D eigenvalue weighted by atomic mass is 9.98. The van der Waals surface area contributed by atoms with Gasteiger partial charge in [-0.25, -0.2) is 0 Å². The van der Waals surface area contributed by atoms with E-state index in [1.165, 1.54) is 6.92 Å². The third-order valence-corrected chi connectivity index (χ3v) is 1.34. The highest BCUT2D eigenvalue weighted by Gasteiger charge is 2.67. The lowest BCUT2D eigenvalue weighted by molar-refractivity contribution is -0.208. The molecule has 0 radical (unpaired) electrons. The normalized spacial score (nSPS) is 25.4. The molecule has 64 valence electrons. The van der Waals surface area contributed by atoms with Crippen LogP contribution in [0.25, 0.3) is 0 Å². The Morgan fingerprint density at radius 1 is 1.36 bits per heavy atom. The summed E-state index contributed by atoms with van der Waals surface area (Å²) in [5.74, 6) is -9.06. The third kappa shape index (κ3) is 0.985. The van der Waals surface area contributed by atoms with Gasteiger partial charge in [0.05, 0.1) is 6.61 Å². The number of ether oxygens (including phenoxy) is 1. The second kappa shape index (κ2) is 2.12. The summed E-state index contributed by atoms with van der Waals surface area (Å²) in [5.41, 5.74) is 0. The van der Waals surface area contributed by atoms with Gasteiger partial charge in [0.25, 0.3) is 0 Å². The maximum atomic E-state index is 12.2. The molecule has 1 nitrogen and oxygen atoms in total. The molecule has 11 heavy (non-hydrogen) atoms. The highest BCUT2D eigenvalue weighted by molar-refractivity contribution is 5.29. The standard InChI is InChI=1S/C6H6F4O/c1-2-11-4-3-5(7,8)6(4,9)10/h3H,2H2,1H3. The molecule has 0 saturated heterocycles. The third-order valence-electron chi connectivity index (χ3n) is 1.34. The average Bonchev–Trinajstić information content (AvgIpc) is 1.87. The Kier molecular flexibility index (Phi) is 1.61. The van der Waals surface area contributed by atoms with Crippen LogP contribution in [-0.2, 0) is 4.74 Å². The first kappa shape index (κ1) is 8.36. The van der Waals surface area contributed by atoms with Crippen LogP contribution in [0.5, 0.6) is 0 Å². The molecule has 0 aromatic heterocycles. The Morgan fingerprint density at radius 2 is 1.91 bits per heavy atom. The maximum absolute atomic E-state index is 12.2. The van der Waals surface area contributed by atoms with Crippen molar-refractivity contribution in [3.05, 3.63) is 11.8 Å². The summed E-state index contributed by atoms with van der Waals surface area (Å²) in [7, 11) is 0. The second-order valence-electron chi connectivity index (χ2n) is 2.14. The molecule has 0 N–H and O–H groups in total. The first-order valence-corrected chi connectivity index (χ1v) is 3.03. The van der Waals surface area contributed by atoms with E-state index in [0.717, 1.165) is 0 Å². The fraction of sp³-hybridized carbons (Fsp3) is 0.667. The van der Waals surface area contributed by atoms with Gasteiger partial charge in [-0.3, -0.25) is 0 Å². The molecule has 0 saturated carbocycles. The smallest absolute Gasteiger partial charge is 0.369 e. The molecule has 5 heteroatoms. The van der Waals surface area contributed by atoms with Gasteiger partial charge in [0.1, 0.15) is 0 Å². The zero-order valence-corrected chi connectivity index (χ0v) is 5.70. The van der Waals surface area contributed by atoms with E-state index in [1.54, 1.807) is 0 Å². The van der Waals surface area contributed by atoms with Crippen LogP contribution in [0.15, 0.2) is 11.8 Å². The number of hydrogen-bond donors (Lipinski definition) is 0. The van der Waals surface area contributed by atoms with Gasteiger partial charge in [0.15, 0.2) is 5.76 Å². The summed E-state index contributed by atoms with van der Waals surface area (Å²) >= 11 is 0. The van der Waals surface area contributed by atoms with E-state index >= 15 is 0 Å². The van der Waals surface area contributed by atoms with Crippen LogP contribution >= 0.6 is 0 Å². The van der Waals surface area contributed by atoms with E-state index in [-0.39, 0.29) is 12.7 Å². The summed E-state index contributed by atoms with van der Waals surface area (Å²) in [6, 6.07) is 0. The van der Waals surface area contributed by atoms with Crippen molar-refractivity contribution < 1.29 is 22.3 Å². The summed E-state index contributed by atoms with van der Waals surface area (Å²) < 4.78 is 52.7. The Balaban J connectivity index is 2.74. The molecule has 0 aromatic rings. The SMILES string of the molecule is CCOC1=CC(F)(F)C1(F)F. The van der Waals surface area contributed by atoms with Crippen LogP contribution in [0.2, 0.25) is 0 Å². The molecule has 0 atom stereocenters. The quantitative estimate of drug-likeness (QED) is 0.577. The van der Waals surface area contributed by atoms with Gasteiger partial charge >= 0.3 is 11.8 Å². The van der Waals surface area contributed by atoms with Crippen LogP contribution in [-0.4, -0.2) is 18.5 Å².